The van der Waals surface area contributed by atoms with Gasteiger partial charge < -0.3 is 5.32 Å². The third-order valence-corrected chi connectivity index (χ3v) is 1.89. The number of hydrogen-bond acceptors (Lipinski definition) is 1. The highest BCUT2D eigenvalue weighted by Gasteiger charge is 2.08. The highest BCUT2D eigenvalue weighted by atomic mass is 31.0. The molecule has 0 amide bonds. The number of hydrogen-bond donors (Lipinski definition) is 1. The van der Waals surface area contributed by atoms with Crippen LogP contribution in [0.15, 0.2) is 11.5 Å². The molecule has 8 heavy (non-hydrogen) atoms. The summed E-state index contributed by atoms with van der Waals surface area (Å²) in [4.78, 5) is 0. The second-order valence-electron chi connectivity index (χ2n) is 2.14. The monoisotopic (exact) mass is 129 g/mol. The largest absolute Gasteiger partial charge is 0.382 e. The van der Waals surface area contributed by atoms with Crippen LogP contribution in [-0.2, 0) is 0 Å². The van der Waals surface area contributed by atoms with Gasteiger partial charge in [0.1, 0.15) is 0 Å². The third-order valence-electron chi connectivity index (χ3n) is 1.49. The Labute approximate surface area is 52.7 Å². The molecule has 1 rings (SSSR count). The predicted octanol–water partition coefficient (Wildman–Crippen LogP) is 1.47. The van der Waals surface area contributed by atoms with Crippen molar-refractivity contribution in [2.45, 2.75) is 25.8 Å². The molecule has 0 spiro atoms. The Morgan fingerprint density at radius 3 is 3.00 bits per heavy atom. The molecule has 46 valence electrons. The lowest BCUT2D eigenvalue weighted by Crippen LogP contribution is -2.18. The first-order valence-corrected chi connectivity index (χ1v) is 3.63. The zero-order chi connectivity index (χ0) is 5.98. The van der Waals surface area contributed by atoms with Gasteiger partial charge >= 0.3 is 0 Å². The molecule has 0 saturated heterocycles. The van der Waals surface area contributed by atoms with Crippen LogP contribution in [-0.4, -0.2) is 6.04 Å². The lowest BCUT2D eigenvalue weighted by Gasteiger charge is -2.06. The molecule has 0 saturated carbocycles. The van der Waals surface area contributed by atoms with Crippen molar-refractivity contribution >= 4 is 9.24 Å². The van der Waals surface area contributed by atoms with Crippen molar-refractivity contribution in [2.75, 3.05) is 0 Å². The molecule has 0 fully saturated rings. The highest BCUT2D eigenvalue weighted by molar-refractivity contribution is 7.22. The minimum Gasteiger partial charge on any atom is -0.382 e. The summed E-state index contributed by atoms with van der Waals surface area (Å²) in [5.41, 5.74) is 1.26. The first kappa shape index (κ1) is 6.10. The topological polar surface area (TPSA) is 12.0 Å². The van der Waals surface area contributed by atoms with Gasteiger partial charge in [0.15, 0.2) is 0 Å². The molecule has 1 N–H and O–H groups in total. The normalized spacial score (nSPS) is 27.2. The molecule has 1 aliphatic rings. The van der Waals surface area contributed by atoms with Crippen LogP contribution >= 0.6 is 9.24 Å². The lowest BCUT2D eigenvalue weighted by atomic mass is 10.2. The van der Waals surface area contributed by atoms with Crippen LogP contribution < -0.4 is 5.32 Å². The van der Waals surface area contributed by atoms with Gasteiger partial charge in [-0.25, -0.2) is 0 Å². The fourth-order valence-corrected chi connectivity index (χ4v) is 1.26. The molecule has 1 heterocycles. The molecule has 0 aliphatic carbocycles. The lowest BCUT2D eigenvalue weighted by molar-refractivity contribution is 0.604. The molecule has 1 nitrogen and oxygen atoms in total. The van der Waals surface area contributed by atoms with Crippen molar-refractivity contribution in [3.8, 4) is 0 Å². The van der Waals surface area contributed by atoms with Gasteiger partial charge in [0, 0.05) is 11.5 Å². The molecule has 0 aromatic carbocycles. The van der Waals surface area contributed by atoms with Gasteiger partial charge in [-0.2, -0.15) is 0 Å². The van der Waals surface area contributed by atoms with E-state index in [1.54, 1.807) is 0 Å². The predicted molar refractivity (Wildman–Crippen MR) is 39.6 cm³/mol. The van der Waals surface area contributed by atoms with Crippen molar-refractivity contribution in [1.29, 1.82) is 0 Å². The maximum atomic E-state index is 3.33. The van der Waals surface area contributed by atoms with E-state index in [0.717, 1.165) is 0 Å². The highest BCUT2D eigenvalue weighted by Crippen LogP contribution is 2.15. The van der Waals surface area contributed by atoms with Gasteiger partial charge in [-0.3, -0.25) is 0 Å². The Morgan fingerprint density at radius 1 is 2.00 bits per heavy atom. The minimum absolute atomic E-state index is 0.711. The fraction of sp³-hybridized carbons (Fsp3) is 0.667. The van der Waals surface area contributed by atoms with E-state index in [4.69, 9.17) is 0 Å². The summed E-state index contributed by atoms with van der Waals surface area (Å²) in [6.07, 6.45) is 4.66. The van der Waals surface area contributed by atoms with Crippen LogP contribution in [0.25, 0.3) is 0 Å². The molecule has 0 radical (unpaired) electrons. The molecule has 2 heteroatoms. The Bertz CT molecular complexity index is 109. The van der Waals surface area contributed by atoms with Crippen molar-refractivity contribution < 1.29 is 0 Å². The van der Waals surface area contributed by atoms with Crippen molar-refractivity contribution in [3.63, 3.8) is 0 Å². The summed E-state index contributed by atoms with van der Waals surface area (Å²) in [5, 5.41) is 3.33. The van der Waals surface area contributed by atoms with E-state index in [1.807, 2.05) is 0 Å². The van der Waals surface area contributed by atoms with E-state index >= 15 is 0 Å². The Kier molecular flexibility index (Phi) is 1.90. The second kappa shape index (κ2) is 2.50. The van der Waals surface area contributed by atoms with Crippen molar-refractivity contribution in [2.24, 2.45) is 0 Å². The number of nitrogens with one attached hydrogen (secondary N) is 1. The molecule has 2 atom stereocenters. The Morgan fingerprint density at radius 2 is 2.75 bits per heavy atom. The van der Waals surface area contributed by atoms with Crippen LogP contribution in [0.3, 0.4) is 0 Å². The summed E-state index contributed by atoms with van der Waals surface area (Å²) in [5.74, 6) is 0. The quantitative estimate of drug-likeness (QED) is 0.529. The van der Waals surface area contributed by atoms with Gasteiger partial charge in [-0.15, -0.1) is 0 Å². The Hall–Kier alpha value is -0.0300. The standard InChI is InChI=1S/C6H12NP/c1-2-5-3-4-6(8)7-5/h4-5,7H,2-3,8H2,1H3. The maximum Gasteiger partial charge on any atom is 0.0293 e. The molecule has 0 aromatic heterocycles. The van der Waals surface area contributed by atoms with Crippen LogP contribution in [0.5, 0.6) is 0 Å². The summed E-state index contributed by atoms with van der Waals surface area (Å²) in [6, 6.07) is 0.711. The third kappa shape index (κ3) is 1.23. The molecular formula is C6H12NP. The molecule has 2 unspecified atom stereocenters. The van der Waals surface area contributed by atoms with Crippen LogP contribution in [0, 0.1) is 0 Å². The molecule has 0 aromatic rings. The average molecular weight is 129 g/mol. The summed E-state index contributed by atoms with van der Waals surface area (Å²) >= 11 is 0. The Balaban J connectivity index is 2.32. The van der Waals surface area contributed by atoms with Gasteiger partial charge in [0.25, 0.3) is 0 Å². The fourth-order valence-electron chi connectivity index (χ4n) is 0.892. The van der Waals surface area contributed by atoms with Crippen LogP contribution in [0.2, 0.25) is 0 Å². The maximum absolute atomic E-state index is 3.33. The summed E-state index contributed by atoms with van der Waals surface area (Å²) in [7, 11) is 2.68. The summed E-state index contributed by atoms with van der Waals surface area (Å²) in [6.45, 7) is 2.20. The first-order chi connectivity index (χ1) is 3.83. The van der Waals surface area contributed by atoms with E-state index in [-0.39, 0.29) is 0 Å². The zero-order valence-electron chi connectivity index (χ0n) is 5.15. The van der Waals surface area contributed by atoms with Gasteiger partial charge in [0.05, 0.1) is 0 Å². The SMILES string of the molecule is CCC1CC=C(P)N1. The van der Waals surface area contributed by atoms with E-state index in [1.165, 1.54) is 18.3 Å². The van der Waals surface area contributed by atoms with Crippen LogP contribution in [0.4, 0.5) is 0 Å². The van der Waals surface area contributed by atoms with Gasteiger partial charge in [0.2, 0.25) is 0 Å². The van der Waals surface area contributed by atoms with E-state index < -0.39 is 0 Å². The molecular weight excluding hydrogens is 117 g/mol. The minimum atomic E-state index is 0.711. The van der Waals surface area contributed by atoms with E-state index in [9.17, 15) is 0 Å². The van der Waals surface area contributed by atoms with Gasteiger partial charge in [-0.05, 0) is 12.8 Å². The zero-order valence-corrected chi connectivity index (χ0v) is 6.30. The van der Waals surface area contributed by atoms with Crippen molar-refractivity contribution in [1.82, 2.24) is 5.32 Å². The smallest absolute Gasteiger partial charge is 0.0293 e. The van der Waals surface area contributed by atoms with Gasteiger partial charge in [-0.1, -0.05) is 22.2 Å². The summed E-state index contributed by atoms with van der Waals surface area (Å²) < 4.78 is 0. The molecule has 0 bridgehead atoms. The van der Waals surface area contributed by atoms with Crippen molar-refractivity contribution in [3.05, 3.63) is 11.5 Å². The first-order valence-electron chi connectivity index (χ1n) is 3.05. The molecule has 1 aliphatic heterocycles. The number of rotatable bonds is 1. The second-order valence-corrected chi connectivity index (χ2v) is 2.77. The van der Waals surface area contributed by atoms with E-state index in [0.29, 0.717) is 6.04 Å². The average Bonchev–Trinajstić information content (AvgIpc) is 2.14. The van der Waals surface area contributed by atoms with E-state index in [2.05, 4.69) is 27.6 Å². The van der Waals surface area contributed by atoms with Crippen LogP contribution in [0.1, 0.15) is 19.8 Å².